The van der Waals surface area contributed by atoms with Crippen LogP contribution < -0.4 is 15.8 Å². The van der Waals surface area contributed by atoms with Crippen molar-refractivity contribution in [2.45, 2.75) is 25.4 Å². The average molecular weight is 520 g/mol. The lowest BCUT2D eigenvalue weighted by atomic mass is 10.1. The van der Waals surface area contributed by atoms with Crippen molar-refractivity contribution in [2.75, 3.05) is 25.9 Å². The number of nitrogens with one attached hydrogen (secondary N) is 1. The van der Waals surface area contributed by atoms with Crippen LogP contribution in [0.5, 0.6) is 5.75 Å². The summed E-state index contributed by atoms with van der Waals surface area (Å²) in [5.41, 5.74) is 8.80. The van der Waals surface area contributed by atoms with Crippen molar-refractivity contribution in [2.24, 2.45) is 0 Å². The number of hydrogen-bond donors (Lipinski definition) is 3. The summed E-state index contributed by atoms with van der Waals surface area (Å²) < 4.78 is 20.9. The lowest BCUT2D eigenvalue weighted by Crippen LogP contribution is -2.40. The van der Waals surface area contributed by atoms with E-state index in [0.717, 1.165) is 17.5 Å². The molecule has 1 aliphatic rings. The first-order valence-corrected chi connectivity index (χ1v) is 12.0. The van der Waals surface area contributed by atoms with Crippen LogP contribution in [0.2, 0.25) is 0 Å². The van der Waals surface area contributed by atoms with E-state index in [0.29, 0.717) is 42.0 Å². The Morgan fingerprint density at radius 1 is 1.21 bits per heavy atom. The summed E-state index contributed by atoms with van der Waals surface area (Å²) in [5, 5.41) is 17.6. The van der Waals surface area contributed by atoms with E-state index < -0.39 is 17.8 Å². The average Bonchev–Trinajstić information content (AvgIpc) is 3.33. The van der Waals surface area contributed by atoms with Gasteiger partial charge in [-0.05, 0) is 36.6 Å². The number of nitrogens with two attached hydrogens (primary N) is 1. The minimum Gasteiger partial charge on any atom is -0.497 e. The number of methoxy groups -OCH3 is 1. The van der Waals surface area contributed by atoms with E-state index >= 15 is 0 Å². The monoisotopic (exact) mass is 519 g/mol. The maximum absolute atomic E-state index is 14.1. The van der Waals surface area contributed by atoms with E-state index in [1.54, 1.807) is 4.68 Å². The maximum Gasteiger partial charge on any atom is 0.407 e. The summed E-state index contributed by atoms with van der Waals surface area (Å²) >= 11 is 0. The standard InChI is InChI=1S/C26H26FN7O4/c1-38-18-8-9-20(27)19(11-18)25(35)29-12-15-4-6-16(7-5-15)22-21-23(28)30-14-31-24(21)34(32-22)17-3-2-10-33(13-17)26(36)37/h4-9,11,14,17H,2-3,10,12-13H2,1H3,(H,29,35)(H,36,37)(H2,28,30,31)/t17-/m1/s1. The summed E-state index contributed by atoms with van der Waals surface area (Å²) in [6, 6.07) is 11.1. The van der Waals surface area contributed by atoms with Gasteiger partial charge in [-0.3, -0.25) is 4.79 Å². The van der Waals surface area contributed by atoms with E-state index in [9.17, 15) is 19.1 Å². The lowest BCUT2D eigenvalue weighted by molar-refractivity contribution is 0.0946. The van der Waals surface area contributed by atoms with Crippen molar-refractivity contribution in [1.29, 1.82) is 0 Å². The molecular formula is C26H26FN7O4. The first-order chi connectivity index (χ1) is 18.4. The third-order valence-electron chi connectivity index (χ3n) is 6.63. The van der Waals surface area contributed by atoms with Crippen LogP contribution in [0.25, 0.3) is 22.3 Å². The molecule has 3 heterocycles. The number of anilines is 1. The third kappa shape index (κ3) is 4.80. The number of likely N-dealkylation sites (tertiary alicyclic amines) is 1. The highest BCUT2D eigenvalue weighted by Gasteiger charge is 2.28. The Bertz CT molecular complexity index is 1510. The second-order valence-electron chi connectivity index (χ2n) is 9.00. The van der Waals surface area contributed by atoms with Crippen molar-refractivity contribution in [3.63, 3.8) is 0 Å². The van der Waals surface area contributed by atoms with Crippen LogP contribution in [0.15, 0.2) is 48.8 Å². The van der Waals surface area contributed by atoms with Crippen LogP contribution in [0.3, 0.4) is 0 Å². The molecular weight excluding hydrogens is 493 g/mol. The second-order valence-corrected chi connectivity index (χ2v) is 9.00. The van der Waals surface area contributed by atoms with E-state index in [2.05, 4.69) is 15.3 Å². The molecule has 2 aromatic carbocycles. The predicted molar refractivity (Wildman–Crippen MR) is 137 cm³/mol. The van der Waals surface area contributed by atoms with E-state index in [4.69, 9.17) is 15.6 Å². The van der Waals surface area contributed by atoms with Gasteiger partial charge in [0.2, 0.25) is 0 Å². The Morgan fingerprint density at radius 2 is 2.00 bits per heavy atom. The molecule has 0 bridgehead atoms. The van der Waals surface area contributed by atoms with Crippen LogP contribution in [-0.2, 0) is 6.54 Å². The number of benzene rings is 2. The number of ether oxygens (including phenoxy) is 1. The molecule has 1 aliphatic heterocycles. The van der Waals surface area contributed by atoms with Crippen LogP contribution in [0.1, 0.15) is 34.8 Å². The van der Waals surface area contributed by atoms with Gasteiger partial charge in [0.05, 0.1) is 24.1 Å². The molecule has 0 saturated carbocycles. The van der Waals surface area contributed by atoms with Gasteiger partial charge in [-0.1, -0.05) is 24.3 Å². The van der Waals surface area contributed by atoms with Crippen LogP contribution in [0.4, 0.5) is 15.0 Å². The predicted octanol–water partition coefficient (Wildman–Crippen LogP) is 3.47. The van der Waals surface area contributed by atoms with Gasteiger partial charge < -0.3 is 25.8 Å². The van der Waals surface area contributed by atoms with Gasteiger partial charge in [0.25, 0.3) is 5.91 Å². The molecule has 11 nitrogen and oxygen atoms in total. The topological polar surface area (TPSA) is 148 Å². The van der Waals surface area contributed by atoms with Gasteiger partial charge in [-0.2, -0.15) is 5.10 Å². The minimum atomic E-state index is -0.961. The number of aromatic nitrogens is 4. The molecule has 0 spiro atoms. The number of amides is 2. The number of piperidine rings is 1. The van der Waals surface area contributed by atoms with E-state index in [-0.39, 0.29) is 24.0 Å². The zero-order chi connectivity index (χ0) is 26.8. The number of carbonyl (C=O) groups is 2. The smallest absolute Gasteiger partial charge is 0.407 e. The van der Waals surface area contributed by atoms with Gasteiger partial charge in [-0.25, -0.2) is 23.8 Å². The number of nitrogen functional groups attached to an aromatic ring is 1. The van der Waals surface area contributed by atoms with Crippen molar-refractivity contribution < 1.29 is 23.8 Å². The van der Waals surface area contributed by atoms with E-state index in [1.165, 1.54) is 36.5 Å². The fraction of sp³-hybridized carbons (Fsp3) is 0.269. The molecule has 2 amide bonds. The van der Waals surface area contributed by atoms with Gasteiger partial charge in [0.15, 0.2) is 5.65 Å². The molecule has 5 rings (SSSR count). The van der Waals surface area contributed by atoms with Crippen molar-refractivity contribution >= 4 is 28.9 Å². The number of rotatable bonds is 6. The fourth-order valence-corrected chi connectivity index (χ4v) is 4.64. The number of fused-ring (bicyclic) bond motifs is 1. The van der Waals surface area contributed by atoms with Crippen LogP contribution >= 0.6 is 0 Å². The second kappa shape index (κ2) is 10.3. The Kier molecular flexibility index (Phi) is 6.77. The van der Waals surface area contributed by atoms with Crippen molar-refractivity contribution in [3.8, 4) is 17.0 Å². The zero-order valence-electron chi connectivity index (χ0n) is 20.6. The Hall–Kier alpha value is -4.74. The number of carboxylic acid groups (broad SMARTS) is 1. The molecule has 4 N–H and O–H groups in total. The molecule has 1 atom stereocenters. The normalized spacial score (nSPS) is 15.4. The Balaban J connectivity index is 1.38. The maximum atomic E-state index is 14.1. The molecule has 0 radical (unpaired) electrons. The highest BCUT2D eigenvalue weighted by Crippen LogP contribution is 2.33. The van der Waals surface area contributed by atoms with Crippen molar-refractivity contribution in [1.82, 2.24) is 30.0 Å². The largest absolute Gasteiger partial charge is 0.497 e. The summed E-state index contributed by atoms with van der Waals surface area (Å²) in [6.07, 6.45) is 1.89. The quantitative estimate of drug-likeness (QED) is 0.351. The number of halogens is 1. The molecule has 4 aromatic rings. The highest BCUT2D eigenvalue weighted by molar-refractivity contribution is 5.98. The molecule has 0 aliphatic carbocycles. The fourth-order valence-electron chi connectivity index (χ4n) is 4.64. The number of carbonyl (C=O) groups excluding carboxylic acids is 1. The van der Waals surface area contributed by atoms with Crippen LogP contribution in [-0.4, -0.2) is 62.0 Å². The molecule has 12 heteroatoms. The highest BCUT2D eigenvalue weighted by atomic mass is 19.1. The molecule has 196 valence electrons. The number of nitrogens with zero attached hydrogens (tertiary/aromatic N) is 5. The van der Waals surface area contributed by atoms with Gasteiger partial charge in [0.1, 0.15) is 29.4 Å². The molecule has 1 fully saturated rings. The zero-order valence-corrected chi connectivity index (χ0v) is 20.6. The molecule has 38 heavy (non-hydrogen) atoms. The SMILES string of the molecule is COc1ccc(F)c(C(=O)NCc2ccc(-c3nn([C@@H]4CCCN(C(=O)O)C4)c4ncnc(N)c34)cc2)c1. The van der Waals surface area contributed by atoms with E-state index in [1.807, 2.05) is 24.3 Å². The molecule has 1 saturated heterocycles. The summed E-state index contributed by atoms with van der Waals surface area (Å²) in [6.45, 7) is 0.975. The first-order valence-electron chi connectivity index (χ1n) is 12.0. The number of hydrogen-bond acceptors (Lipinski definition) is 7. The molecule has 2 aromatic heterocycles. The minimum absolute atomic E-state index is 0.0994. The first kappa shape index (κ1) is 24.9. The lowest BCUT2D eigenvalue weighted by Gasteiger charge is -2.30. The molecule has 0 unspecified atom stereocenters. The summed E-state index contributed by atoms with van der Waals surface area (Å²) in [4.78, 5) is 34.0. The van der Waals surface area contributed by atoms with Gasteiger partial charge >= 0.3 is 6.09 Å². The summed E-state index contributed by atoms with van der Waals surface area (Å²) in [7, 11) is 1.45. The third-order valence-corrected chi connectivity index (χ3v) is 6.63. The van der Waals surface area contributed by atoms with Gasteiger partial charge in [0, 0.05) is 25.2 Å². The summed E-state index contributed by atoms with van der Waals surface area (Å²) in [5.74, 6) is -0.521. The Labute approximate surface area is 217 Å². The van der Waals surface area contributed by atoms with Crippen molar-refractivity contribution in [3.05, 3.63) is 65.7 Å². The van der Waals surface area contributed by atoms with Gasteiger partial charge in [-0.15, -0.1) is 0 Å². The Morgan fingerprint density at radius 3 is 2.74 bits per heavy atom. The van der Waals surface area contributed by atoms with Crippen LogP contribution in [0, 0.1) is 5.82 Å².